The first-order chi connectivity index (χ1) is 45.2. The highest BCUT2D eigenvalue weighted by Gasteiger charge is 2.30. The second-order valence-corrected chi connectivity index (χ2v) is 31.4. The topological polar surface area (TPSA) is 237 Å². The Balaban J connectivity index is 5.20. The molecule has 0 saturated carbocycles. The van der Waals surface area contributed by atoms with Gasteiger partial charge < -0.3 is 33.8 Å². The van der Waals surface area contributed by atoms with Gasteiger partial charge in [0.2, 0.25) is 0 Å². The minimum atomic E-state index is -4.96. The lowest BCUT2D eigenvalue weighted by Crippen LogP contribution is -2.30. The van der Waals surface area contributed by atoms with E-state index in [1.54, 1.807) is 0 Å². The summed E-state index contributed by atoms with van der Waals surface area (Å²) in [4.78, 5) is 72.7. The van der Waals surface area contributed by atoms with Gasteiger partial charge in [-0.3, -0.25) is 37.3 Å². The standard InChI is InChI=1S/C75H146O17P2/c1-9-67(7)53-45-37-31-33-40-48-56-73(78)86-62-70(91-74(79)57-49-41-30-26-22-18-14-12-16-20-24-28-36-44-52-66(5)6)63-89-93(81,82)87-59-69(76)60-88-94(83,84)90-64-71(92-75(80)58-50-42-34-32-38-46-54-68(8)10-2)61-85-72(77)55-47-39-29-25-21-17-13-11-15-19-23-27-35-43-51-65(3)4/h65-71,76H,9-64H2,1-8H3,(H,81,82)(H,83,84)/t67?,68?,69-,70+,71+/m0/s1. The van der Waals surface area contributed by atoms with E-state index in [2.05, 4.69) is 55.4 Å². The molecule has 0 aliphatic heterocycles. The molecule has 3 N–H and O–H groups in total. The van der Waals surface area contributed by atoms with E-state index in [1.165, 1.54) is 173 Å². The number of carbonyl (C=O) groups excluding carboxylic acids is 4. The van der Waals surface area contributed by atoms with E-state index in [4.69, 9.17) is 37.0 Å². The van der Waals surface area contributed by atoms with Crippen molar-refractivity contribution in [3.8, 4) is 0 Å². The molecule has 0 rings (SSSR count). The van der Waals surface area contributed by atoms with Crippen molar-refractivity contribution in [1.82, 2.24) is 0 Å². The Hall–Kier alpha value is -1.94. The van der Waals surface area contributed by atoms with E-state index in [9.17, 15) is 43.2 Å². The van der Waals surface area contributed by atoms with Gasteiger partial charge >= 0.3 is 39.5 Å². The summed E-state index contributed by atoms with van der Waals surface area (Å²) in [7, 11) is -9.91. The Labute approximate surface area is 575 Å². The number of unbranched alkanes of at least 4 members (excludes halogenated alkanes) is 36. The van der Waals surface area contributed by atoms with Crippen LogP contribution in [0.25, 0.3) is 0 Å². The first-order valence-electron chi connectivity index (χ1n) is 38.8. The van der Waals surface area contributed by atoms with Crippen LogP contribution in [0.2, 0.25) is 0 Å². The Morgan fingerprint density at radius 2 is 0.511 bits per heavy atom. The number of phosphoric acid groups is 2. The molecule has 17 nitrogen and oxygen atoms in total. The number of aliphatic hydroxyl groups excluding tert-OH is 1. The average Bonchev–Trinajstić information content (AvgIpc) is 2.04. The number of phosphoric ester groups is 2. The monoisotopic (exact) mass is 1380 g/mol. The highest BCUT2D eigenvalue weighted by Crippen LogP contribution is 2.45. The third kappa shape index (κ3) is 66.0. The highest BCUT2D eigenvalue weighted by molar-refractivity contribution is 7.47. The highest BCUT2D eigenvalue weighted by atomic mass is 31.2. The number of rotatable bonds is 72. The largest absolute Gasteiger partial charge is 0.472 e. The molecule has 0 aromatic carbocycles. The van der Waals surface area contributed by atoms with Crippen LogP contribution in [-0.4, -0.2) is 96.7 Å². The summed E-state index contributed by atoms with van der Waals surface area (Å²) in [5.41, 5.74) is 0. The van der Waals surface area contributed by atoms with Crippen molar-refractivity contribution >= 4 is 39.5 Å². The fourth-order valence-corrected chi connectivity index (χ4v) is 12.9. The first kappa shape index (κ1) is 92.1. The number of ether oxygens (including phenoxy) is 4. The Morgan fingerprint density at radius 1 is 0.298 bits per heavy atom. The van der Waals surface area contributed by atoms with Gasteiger partial charge in [-0.05, 0) is 49.4 Å². The minimum absolute atomic E-state index is 0.103. The van der Waals surface area contributed by atoms with E-state index in [1.807, 2.05) is 0 Å². The lowest BCUT2D eigenvalue weighted by molar-refractivity contribution is -0.161. The van der Waals surface area contributed by atoms with Gasteiger partial charge in [0, 0.05) is 25.7 Å². The molecule has 4 unspecified atom stereocenters. The predicted octanol–water partition coefficient (Wildman–Crippen LogP) is 21.7. The van der Waals surface area contributed by atoms with Gasteiger partial charge in [-0.25, -0.2) is 9.13 Å². The van der Waals surface area contributed by atoms with Gasteiger partial charge in [-0.1, -0.05) is 325 Å². The number of esters is 4. The molecule has 0 aromatic rings. The summed E-state index contributed by atoms with van der Waals surface area (Å²) >= 11 is 0. The van der Waals surface area contributed by atoms with Gasteiger partial charge in [0.05, 0.1) is 26.4 Å². The summed E-state index contributed by atoms with van der Waals surface area (Å²) < 4.78 is 68.4. The lowest BCUT2D eigenvalue weighted by atomic mass is 10.00. The SMILES string of the molecule is CCC(C)CCCCCCCCC(=O)OC[C@H](COP(=O)(O)OC[C@H](O)COP(=O)(O)OC[C@@H](COC(=O)CCCCCCCCCCCCCCCCC(C)C)OC(=O)CCCCCCCCC(C)CC)OC(=O)CCCCCCCCCCCCCCCCC(C)C. The van der Waals surface area contributed by atoms with Crippen LogP contribution < -0.4 is 0 Å². The number of carbonyl (C=O) groups is 4. The van der Waals surface area contributed by atoms with Gasteiger partial charge in [0.1, 0.15) is 19.3 Å². The maximum absolute atomic E-state index is 13.0. The van der Waals surface area contributed by atoms with E-state index in [0.29, 0.717) is 25.7 Å². The van der Waals surface area contributed by atoms with Crippen molar-refractivity contribution in [1.29, 1.82) is 0 Å². The molecule has 0 saturated heterocycles. The van der Waals surface area contributed by atoms with Crippen molar-refractivity contribution in [2.45, 2.75) is 395 Å². The zero-order valence-corrected chi connectivity index (χ0v) is 63.4. The van der Waals surface area contributed by atoms with E-state index in [-0.39, 0.29) is 25.7 Å². The number of aliphatic hydroxyl groups is 1. The van der Waals surface area contributed by atoms with Crippen LogP contribution in [-0.2, 0) is 65.4 Å². The number of hydrogen-bond donors (Lipinski definition) is 3. The molecule has 0 radical (unpaired) electrons. The second kappa shape index (κ2) is 64.4. The molecular weight excluding hydrogens is 1230 g/mol. The second-order valence-electron chi connectivity index (χ2n) is 28.5. The van der Waals surface area contributed by atoms with Gasteiger partial charge in [0.15, 0.2) is 12.2 Å². The van der Waals surface area contributed by atoms with Crippen LogP contribution in [0.5, 0.6) is 0 Å². The third-order valence-electron chi connectivity index (χ3n) is 18.0. The van der Waals surface area contributed by atoms with E-state index >= 15 is 0 Å². The fraction of sp³-hybridized carbons (Fsp3) is 0.947. The quantitative estimate of drug-likeness (QED) is 0.0222. The summed E-state index contributed by atoms with van der Waals surface area (Å²) in [6.45, 7) is 14.2. The Kier molecular flexibility index (Phi) is 63.1. The van der Waals surface area contributed by atoms with Crippen LogP contribution in [0, 0.1) is 23.7 Å². The molecular formula is C75H146O17P2. The average molecular weight is 1380 g/mol. The van der Waals surface area contributed by atoms with Crippen molar-refractivity contribution in [3.05, 3.63) is 0 Å². The van der Waals surface area contributed by atoms with Gasteiger partial charge in [-0.15, -0.1) is 0 Å². The normalized spacial score (nSPS) is 14.7. The molecule has 0 heterocycles. The zero-order chi connectivity index (χ0) is 69.6. The lowest BCUT2D eigenvalue weighted by Gasteiger charge is -2.21. The maximum atomic E-state index is 13.0. The van der Waals surface area contributed by atoms with Crippen LogP contribution in [0.1, 0.15) is 376 Å². The summed E-state index contributed by atoms with van der Waals surface area (Å²) in [6.07, 6.45) is 48.7. The summed E-state index contributed by atoms with van der Waals surface area (Å²) in [5, 5.41) is 10.6. The molecule has 7 atom stereocenters. The molecule has 0 aromatic heterocycles. The molecule has 558 valence electrons. The van der Waals surface area contributed by atoms with Crippen molar-refractivity contribution in [3.63, 3.8) is 0 Å². The van der Waals surface area contributed by atoms with E-state index in [0.717, 1.165) is 120 Å². The van der Waals surface area contributed by atoms with Crippen LogP contribution in [0.3, 0.4) is 0 Å². The molecule has 0 aliphatic carbocycles. The predicted molar refractivity (Wildman–Crippen MR) is 381 cm³/mol. The minimum Gasteiger partial charge on any atom is -0.462 e. The third-order valence-corrected chi connectivity index (χ3v) is 19.9. The molecule has 0 fully saturated rings. The van der Waals surface area contributed by atoms with Gasteiger partial charge in [0.25, 0.3) is 0 Å². The van der Waals surface area contributed by atoms with E-state index < -0.39 is 97.5 Å². The van der Waals surface area contributed by atoms with Crippen molar-refractivity contribution in [2.24, 2.45) is 23.7 Å². The molecule has 0 amide bonds. The molecule has 0 spiro atoms. The molecule has 0 aliphatic rings. The molecule has 19 heteroatoms. The number of hydrogen-bond acceptors (Lipinski definition) is 15. The van der Waals surface area contributed by atoms with Crippen LogP contribution in [0.4, 0.5) is 0 Å². The summed E-state index contributed by atoms with van der Waals surface area (Å²) in [6, 6.07) is 0. The fourth-order valence-electron chi connectivity index (χ4n) is 11.3. The summed E-state index contributed by atoms with van der Waals surface area (Å²) in [5.74, 6) is 0.919. The van der Waals surface area contributed by atoms with Gasteiger partial charge in [-0.2, -0.15) is 0 Å². The van der Waals surface area contributed by atoms with Crippen molar-refractivity contribution in [2.75, 3.05) is 39.6 Å². The Morgan fingerprint density at radius 3 is 0.755 bits per heavy atom. The maximum Gasteiger partial charge on any atom is 0.472 e. The molecule has 0 bridgehead atoms. The zero-order valence-electron chi connectivity index (χ0n) is 61.6. The Bertz CT molecular complexity index is 1850. The van der Waals surface area contributed by atoms with Crippen molar-refractivity contribution < 1.29 is 80.2 Å². The first-order valence-corrected chi connectivity index (χ1v) is 41.8. The molecule has 94 heavy (non-hydrogen) atoms. The smallest absolute Gasteiger partial charge is 0.462 e. The van der Waals surface area contributed by atoms with Crippen LogP contribution >= 0.6 is 15.6 Å². The van der Waals surface area contributed by atoms with Crippen LogP contribution in [0.15, 0.2) is 0 Å².